The Balaban J connectivity index is 2.13. The van der Waals surface area contributed by atoms with Crippen molar-refractivity contribution in [3.05, 3.63) is 29.0 Å². The summed E-state index contributed by atoms with van der Waals surface area (Å²) in [7, 11) is 0. The van der Waals surface area contributed by atoms with E-state index < -0.39 is 0 Å². The van der Waals surface area contributed by atoms with E-state index in [9.17, 15) is 0 Å². The Hall–Kier alpha value is -1.59. The largest absolute Gasteiger partial charge is 0.398 e. The van der Waals surface area contributed by atoms with Crippen LogP contribution >= 0.6 is 11.6 Å². The first-order valence-corrected chi connectivity index (χ1v) is 6.04. The number of aromatic nitrogens is 2. The lowest BCUT2D eigenvalue weighted by Gasteiger charge is -2.00. The molecule has 18 heavy (non-hydrogen) atoms. The van der Waals surface area contributed by atoms with E-state index in [2.05, 4.69) is 10.1 Å². The molecule has 1 heterocycles. The van der Waals surface area contributed by atoms with Crippen LogP contribution in [-0.4, -0.2) is 23.4 Å². The zero-order valence-electron chi connectivity index (χ0n) is 10.0. The van der Waals surface area contributed by atoms with Crippen LogP contribution in [-0.2, 0) is 11.2 Å². The van der Waals surface area contributed by atoms with Crippen LogP contribution in [0.4, 0.5) is 5.69 Å². The van der Waals surface area contributed by atoms with Gasteiger partial charge in [-0.25, -0.2) is 0 Å². The molecule has 0 unspecified atom stereocenters. The van der Waals surface area contributed by atoms with Crippen LogP contribution < -0.4 is 5.73 Å². The third kappa shape index (κ3) is 3.00. The Labute approximate surface area is 110 Å². The second-order valence-corrected chi connectivity index (χ2v) is 4.13. The van der Waals surface area contributed by atoms with Gasteiger partial charge >= 0.3 is 0 Å². The van der Waals surface area contributed by atoms with Crippen molar-refractivity contribution in [2.45, 2.75) is 13.3 Å². The van der Waals surface area contributed by atoms with Crippen molar-refractivity contribution in [1.82, 2.24) is 10.1 Å². The molecule has 0 amide bonds. The average molecular weight is 268 g/mol. The standard InChI is InChI=1S/C12H14ClN3O2/c1-2-17-6-5-11-15-12(18-16-11)9-4-3-8(13)7-10(9)14/h3-4,7H,2,5-6,14H2,1H3. The molecule has 2 N–H and O–H groups in total. The van der Waals surface area contributed by atoms with E-state index in [0.29, 0.717) is 47.6 Å². The Morgan fingerprint density at radius 1 is 1.44 bits per heavy atom. The molecule has 0 saturated carbocycles. The number of hydrogen-bond acceptors (Lipinski definition) is 5. The zero-order chi connectivity index (χ0) is 13.0. The fourth-order valence-electron chi connectivity index (χ4n) is 1.50. The molecule has 0 bridgehead atoms. The first kappa shape index (κ1) is 12.9. The summed E-state index contributed by atoms with van der Waals surface area (Å²) in [6, 6.07) is 5.15. The Kier molecular flexibility index (Phi) is 4.17. The summed E-state index contributed by atoms with van der Waals surface area (Å²) in [6.07, 6.45) is 0.616. The lowest BCUT2D eigenvalue weighted by atomic mass is 10.2. The number of hydrogen-bond donors (Lipinski definition) is 1. The number of rotatable bonds is 5. The molecular formula is C12H14ClN3O2. The van der Waals surface area contributed by atoms with Gasteiger partial charge < -0.3 is 15.0 Å². The summed E-state index contributed by atoms with van der Waals surface area (Å²) in [5, 5.41) is 4.45. The molecule has 0 spiro atoms. The molecule has 2 aromatic rings. The lowest BCUT2D eigenvalue weighted by molar-refractivity contribution is 0.149. The van der Waals surface area contributed by atoms with Gasteiger partial charge in [-0.2, -0.15) is 4.98 Å². The number of nitrogens with zero attached hydrogens (tertiary/aromatic N) is 2. The van der Waals surface area contributed by atoms with Gasteiger partial charge in [0.25, 0.3) is 5.89 Å². The van der Waals surface area contributed by atoms with Gasteiger partial charge in [0.15, 0.2) is 5.82 Å². The third-order valence-corrected chi connectivity index (χ3v) is 2.62. The fraction of sp³-hybridized carbons (Fsp3) is 0.333. The van der Waals surface area contributed by atoms with Crippen LogP contribution in [0.1, 0.15) is 12.7 Å². The van der Waals surface area contributed by atoms with Gasteiger partial charge in [0.05, 0.1) is 12.2 Å². The van der Waals surface area contributed by atoms with Crippen LogP contribution in [0, 0.1) is 0 Å². The minimum Gasteiger partial charge on any atom is -0.398 e. The summed E-state index contributed by atoms with van der Waals surface area (Å²) in [6.45, 7) is 3.19. The minimum atomic E-state index is 0.399. The number of benzene rings is 1. The molecule has 0 fully saturated rings. The lowest BCUT2D eigenvalue weighted by Crippen LogP contribution is -1.99. The highest BCUT2D eigenvalue weighted by molar-refractivity contribution is 6.31. The van der Waals surface area contributed by atoms with E-state index in [1.165, 1.54) is 0 Å². The average Bonchev–Trinajstić information content (AvgIpc) is 2.78. The Morgan fingerprint density at radius 2 is 2.28 bits per heavy atom. The second-order valence-electron chi connectivity index (χ2n) is 3.69. The van der Waals surface area contributed by atoms with Crippen molar-refractivity contribution < 1.29 is 9.26 Å². The molecule has 0 aliphatic rings. The maximum Gasteiger partial charge on any atom is 0.260 e. The van der Waals surface area contributed by atoms with E-state index in [4.69, 9.17) is 26.6 Å². The number of nitrogen functional groups attached to an aromatic ring is 1. The van der Waals surface area contributed by atoms with Crippen LogP contribution in [0.15, 0.2) is 22.7 Å². The molecule has 1 aromatic heterocycles. The molecule has 2 rings (SSSR count). The zero-order valence-corrected chi connectivity index (χ0v) is 10.8. The van der Waals surface area contributed by atoms with Gasteiger partial charge in [-0.15, -0.1) is 0 Å². The molecule has 96 valence electrons. The van der Waals surface area contributed by atoms with Crippen LogP contribution in [0.3, 0.4) is 0 Å². The predicted molar refractivity (Wildman–Crippen MR) is 69.4 cm³/mol. The highest BCUT2D eigenvalue weighted by Crippen LogP contribution is 2.26. The highest BCUT2D eigenvalue weighted by Gasteiger charge is 2.11. The quantitative estimate of drug-likeness (QED) is 0.666. The molecule has 0 saturated heterocycles. The van der Waals surface area contributed by atoms with E-state index in [1.54, 1.807) is 18.2 Å². The van der Waals surface area contributed by atoms with E-state index in [-0.39, 0.29) is 0 Å². The van der Waals surface area contributed by atoms with Crippen molar-refractivity contribution in [2.75, 3.05) is 18.9 Å². The highest BCUT2D eigenvalue weighted by atomic mass is 35.5. The molecule has 6 heteroatoms. The second kappa shape index (κ2) is 5.84. The molecule has 5 nitrogen and oxygen atoms in total. The summed E-state index contributed by atoms with van der Waals surface area (Å²) < 4.78 is 10.4. The number of ether oxygens (including phenoxy) is 1. The normalized spacial score (nSPS) is 10.8. The minimum absolute atomic E-state index is 0.399. The van der Waals surface area contributed by atoms with Crippen molar-refractivity contribution >= 4 is 17.3 Å². The van der Waals surface area contributed by atoms with Crippen LogP contribution in [0.5, 0.6) is 0 Å². The Bertz CT molecular complexity index is 528. The summed E-state index contributed by atoms with van der Waals surface area (Å²) in [4.78, 5) is 4.26. The molecule has 0 aliphatic heterocycles. The molecule has 0 atom stereocenters. The molecule has 1 aromatic carbocycles. The van der Waals surface area contributed by atoms with E-state index >= 15 is 0 Å². The first-order chi connectivity index (χ1) is 8.70. The van der Waals surface area contributed by atoms with Crippen LogP contribution in [0.25, 0.3) is 11.5 Å². The first-order valence-electron chi connectivity index (χ1n) is 5.66. The monoisotopic (exact) mass is 267 g/mol. The van der Waals surface area contributed by atoms with Gasteiger partial charge in [-0.05, 0) is 25.1 Å². The van der Waals surface area contributed by atoms with E-state index in [0.717, 1.165) is 0 Å². The fourth-order valence-corrected chi connectivity index (χ4v) is 1.68. The van der Waals surface area contributed by atoms with Gasteiger partial charge in [0.1, 0.15) is 0 Å². The maximum absolute atomic E-state index is 5.85. The Morgan fingerprint density at radius 3 is 3.00 bits per heavy atom. The third-order valence-electron chi connectivity index (χ3n) is 2.39. The number of nitrogens with two attached hydrogens (primary N) is 1. The topological polar surface area (TPSA) is 74.2 Å². The van der Waals surface area contributed by atoms with Crippen molar-refractivity contribution in [1.29, 1.82) is 0 Å². The van der Waals surface area contributed by atoms with Crippen molar-refractivity contribution in [3.63, 3.8) is 0 Å². The van der Waals surface area contributed by atoms with Crippen molar-refractivity contribution in [2.24, 2.45) is 0 Å². The van der Waals surface area contributed by atoms with Gasteiger partial charge in [0, 0.05) is 23.7 Å². The van der Waals surface area contributed by atoms with E-state index in [1.807, 2.05) is 6.92 Å². The smallest absolute Gasteiger partial charge is 0.260 e. The molecule has 0 radical (unpaired) electrons. The molecule has 0 aliphatic carbocycles. The van der Waals surface area contributed by atoms with Crippen LogP contribution in [0.2, 0.25) is 5.02 Å². The van der Waals surface area contributed by atoms with Gasteiger partial charge in [0.2, 0.25) is 0 Å². The maximum atomic E-state index is 5.85. The number of halogens is 1. The number of anilines is 1. The predicted octanol–water partition coefficient (Wildman–Crippen LogP) is 2.55. The molecular weight excluding hydrogens is 254 g/mol. The summed E-state index contributed by atoms with van der Waals surface area (Å²) >= 11 is 5.83. The summed E-state index contributed by atoms with van der Waals surface area (Å²) in [5.41, 5.74) is 7.05. The van der Waals surface area contributed by atoms with Gasteiger partial charge in [-0.1, -0.05) is 16.8 Å². The SMILES string of the molecule is CCOCCc1noc(-c2ccc(Cl)cc2N)n1. The summed E-state index contributed by atoms with van der Waals surface area (Å²) in [5.74, 6) is 1.00. The van der Waals surface area contributed by atoms with Gasteiger partial charge in [-0.3, -0.25) is 0 Å². The van der Waals surface area contributed by atoms with Crippen molar-refractivity contribution in [3.8, 4) is 11.5 Å².